The topological polar surface area (TPSA) is 61.6 Å². The minimum Gasteiger partial charge on any atom is -0.368 e. The van der Waals surface area contributed by atoms with Gasteiger partial charge in [0.15, 0.2) is 0 Å². The fraction of sp³-hybridized carbons (Fsp3) is 0.929. The maximum absolute atomic E-state index is 11.7. The lowest BCUT2D eigenvalue weighted by Gasteiger charge is -2.28. The third kappa shape index (κ3) is 2.64. The zero-order valence-electron chi connectivity index (χ0n) is 12.6. The van der Waals surface area contributed by atoms with E-state index in [0.29, 0.717) is 18.0 Å². The monoisotopic (exact) mass is 268 g/mol. The Morgan fingerprint density at radius 2 is 2.11 bits per heavy atom. The van der Waals surface area contributed by atoms with Crippen molar-refractivity contribution in [3.05, 3.63) is 0 Å². The summed E-state index contributed by atoms with van der Waals surface area (Å²) in [6.07, 6.45) is 2.78. The van der Waals surface area contributed by atoms with E-state index in [1.165, 1.54) is 0 Å². The average molecular weight is 268 g/mol. The number of carbonyl (C=O) groups is 1. The number of hydrogen-bond donors (Lipinski definition) is 2. The number of rotatable bonds is 4. The molecule has 0 aromatic rings. The Bertz CT molecular complexity index is 346. The number of carbonyl (C=O) groups excluding carboxylic acids is 1. The van der Waals surface area contributed by atoms with Crippen LogP contribution in [0.2, 0.25) is 0 Å². The minimum atomic E-state index is -0.482. The second-order valence-electron chi connectivity index (χ2n) is 6.56. The van der Waals surface area contributed by atoms with Gasteiger partial charge in [-0.15, -0.1) is 0 Å². The van der Waals surface area contributed by atoms with Crippen LogP contribution in [-0.4, -0.2) is 67.6 Å². The third-order valence-electron chi connectivity index (χ3n) is 5.22. The van der Waals surface area contributed by atoms with E-state index < -0.39 is 5.54 Å². The summed E-state index contributed by atoms with van der Waals surface area (Å²) in [4.78, 5) is 16.6. The molecule has 2 aliphatic rings. The Hall–Kier alpha value is -0.650. The molecule has 19 heavy (non-hydrogen) atoms. The van der Waals surface area contributed by atoms with Crippen LogP contribution in [0.3, 0.4) is 0 Å². The summed E-state index contributed by atoms with van der Waals surface area (Å²) in [5.74, 6) is 0.488. The number of amides is 1. The second-order valence-corrected chi connectivity index (χ2v) is 6.56. The summed E-state index contributed by atoms with van der Waals surface area (Å²) in [6.45, 7) is 4.56. The van der Waals surface area contributed by atoms with E-state index in [0.717, 1.165) is 32.4 Å². The molecule has 2 fully saturated rings. The van der Waals surface area contributed by atoms with Crippen LogP contribution in [0, 0.1) is 5.92 Å². The predicted molar refractivity (Wildman–Crippen MR) is 76.8 cm³/mol. The molecule has 5 nitrogen and oxygen atoms in total. The Morgan fingerprint density at radius 1 is 1.42 bits per heavy atom. The first-order valence-corrected chi connectivity index (χ1v) is 7.29. The minimum absolute atomic E-state index is 0.200. The molecule has 3 N–H and O–H groups in total. The molecule has 1 aliphatic carbocycles. The predicted octanol–water partition coefficient (Wildman–Crippen LogP) is -0.136. The first-order valence-electron chi connectivity index (χ1n) is 7.29. The summed E-state index contributed by atoms with van der Waals surface area (Å²) in [5, 5.41) is 3.16. The van der Waals surface area contributed by atoms with Crippen molar-refractivity contribution in [2.24, 2.45) is 11.7 Å². The van der Waals surface area contributed by atoms with Crippen LogP contribution in [-0.2, 0) is 4.79 Å². The van der Waals surface area contributed by atoms with Crippen molar-refractivity contribution in [1.29, 1.82) is 0 Å². The normalized spacial score (nSPS) is 40.2. The Morgan fingerprint density at radius 3 is 2.53 bits per heavy atom. The molecule has 0 bridgehead atoms. The van der Waals surface area contributed by atoms with Gasteiger partial charge in [0.2, 0.25) is 5.91 Å². The molecule has 2 rings (SSSR count). The lowest BCUT2D eigenvalue weighted by Crippen LogP contribution is -2.53. The molecular formula is C14H28N4O. The molecule has 0 aromatic heterocycles. The average Bonchev–Trinajstić information content (AvgIpc) is 2.93. The van der Waals surface area contributed by atoms with Crippen molar-refractivity contribution in [2.45, 2.75) is 43.8 Å². The molecule has 1 amide bonds. The summed E-state index contributed by atoms with van der Waals surface area (Å²) in [6, 6.07) is 1.12. The highest BCUT2D eigenvalue weighted by molar-refractivity contribution is 5.85. The van der Waals surface area contributed by atoms with Gasteiger partial charge in [-0.1, -0.05) is 6.92 Å². The highest BCUT2D eigenvalue weighted by Gasteiger charge is 2.46. The highest BCUT2D eigenvalue weighted by Crippen LogP contribution is 2.35. The Labute approximate surface area is 116 Å². The summed E-state index contributed by atoms with van der Waals surface area (Å²) >= 11 is 0. The Balaban J connectivity index is 2.01. The molecule has 0 aromatic carbocycles. The number of primary amides is 1. The van der Waals surface area contributed by atoms with Crippen molar-refractivity contribution in [3.63, 3.8) is 0 Å². The fourth-order valence-corrected chi connectivity index (χ4v) is 3.86. The van der Waals surface area contributed by atoms with E-state index in [9.17, 15) is 4.79 Å². The first kappa shape index (κ1) is 14.8. The zero-order valence-corrected chi connectivity index (χ0v) is 12.6. The Kier molecular flexibility index (Phi) is 4.18. The van der Waals surface area contributed by atoms with Crippen LogP contribution >= 0.6 is 0 Å². The van der Waals surface area contributed by atoms with E-state index in [4.69, 9.17) is 5.73 Å². The molecule has 1 heterocycles. The lowest BCUT2D eigenvalue weighted by atomic mass is 9.96. The van der Waals surface area contributed by atoms with Crippen LogP contribution in [0.15, 0.2) is 0 Å². The van der Waals surface area contributed by atoms with Gasteiger partial charge in [0.1, 0.15) is 0 Å². The maximum atomic E-state index is 11.7. The van der Waals surface area contributed by atoms with Gasteiger partial charge in [0.05, 0.1) is 5.54 Å². The molecule has 4 atom stereocenters. The second kappa shape index (κ2) is 5.38. The molecule has 1 saturated heterocycles. The standard InChI is InChI=1S/C14H28N4O/c1-10-8-18(9-12(10)17(3)4)11-5-6-14(7-11,16-2)13(15)19/h10-12,16H,5-9H2,1-4H3,(H2,15,19). The lowest BCUT2D eigenvalue weighted by molar-refractivity contribution is -0.124. The van der Waals surface area contributed by atoms with E-state index in [2.05, 4.69) is 36.1 Å². The number of nitrogens with zero attached hydrogens (tertiary/aromatic N) is 2. The molecule has 5 heteroatoms. The van der Waals surface area contributed by atoms with Gasteiger partial charge in [-0.2, -0.15) is 0 Å². The van der Waals surface area contributed by atoms with Crippen molar-refractivity contribution in [1.82, 2.24) is 15.1 Å². The van der Waals surface area contributed by atoms with E-state index in [1.54, 1.807) is 0 Å². The largest absolute Gasteiger partial charge is 0.368 e. The molecule has 1 saturated carbocycles. The quantitative estimate of drug-likeness (QED) is 0.745. The van der Waals surface area contributed by atoms with E-state index >= 15 is 0 Å². The van der Waals surface area contributed by atoms with Crippen molar-refractivity contribution in [3.8, 4) is 0 Å². The van der Waals surface area contributed by atoms with Crippen LogP contribution in [0.4, 0.5) is 0 Å². The van der Waals surface area contributed by atoms with Crippen molar-refractivity contribution < 1.29 is 4.79 Å². The molecule has 0 spiro atoms. The van der Waals surface area contributed by atoms with E-state index in [-0.39, 0.29) is 5.91 Å². The van der Waals surface area contributed by atoms with E-state index in [1.807, 2.05) is 7.05 Å². The third-order valence-corrected chi connectivity index (χ3v) is 5.22. The molecule has 0 radical (unpaired) electrons. The van der Waals surface area contributed by atoms with Gasteiger partial charge in [-0.3, -0.25) is 9.69 Å². The van der Waals surface area contributed by atoms with Crippen LogP contribution < -0.4 is 11.1 Å². The number of nitrogens with one attached hydrogen (secondary N) is 1. The smallest absolute Gasteiger partial charge is 0.237 e. The van der Waals surface area contributed by atoms with Gasteiger partial charge in [0.25, 0.3) is 0 Å². The SMILES string of the molecule is CNC1(C(N)=O)CCC(N2CC(C)C(N(C)C)C2)C1. The molecule has 4 unspecified atom stereocenters. The van der Waals surface area contributed by atoms with Crippen molar-refractivity contribution >= 4 is 5.91 Å². The summed E-state index contributed by atoms with van der Waals surface area (Å²) < 4.78 is 0. The molecule has 1 aliphatic heterocycles. The zero-order chi connectivity index (χ0) is 14.2. The number of nitrogens with two attached hydrogens (primary N) is 1. The summed E-state index contributed by atoms with van der Waals surface area (Å²) in [5.41, 5.74) is 5.10. The first-order chi connectivity index (χ1) is 8.89. The van der Waals surface area contributed by atoms with Crippen LogP contribution in [0.25, 0.3) is 0 Å². The van der Waals surface area contributed by atoms with Gasteiger partial charge < -0.3 is 16.0 Å². The maximum Gasteiger partial charge on any atom is 0.237 e. The van der Waals surface area contributed by atoms with Crippen LogP contribution in [0.1, 0.15) is 26.2 Å². The number of hydrogen-bond acceptors (Lipinski definition) is 4. The molecule has 110 valence electrons. The van der Waals surface area contributed by atoms with Gasteiger partial charge in [0, 0.05) is 25.2 Å². The summed E-state index contributed by atoms with van der Waals surface area (Å²) in [7, 11) is 6.16. The molecular weight excluding hydrogens is 240 g/mol. The van der Waals surface area contributed by atoms with Gasteiger partial charge >= 0.3 is 0 Å². The highest BCUT2D eigenvalue weighted by atomic mass is 16.1. The van der Waals surface area contributed by atoms with Gasteiger partial charge in [-0.05, 0) is 46.3 Å². The fourth-order valence-electron chi connectivity index (χ4n) is 3.86. The van der Waals surface area contributed by atoms with Crippen LogP contribution in [0.5, 0.6) is 0 Å². The number of likely N-dealkylation sites (N-methyl/N-ethyl adjacent to an activating group) is 2. The van der Waals surface area contributed by atoms with Crippen molar-refractivity contribution in [2.75, 3.05) is 34.2 Å². The van der Waals surface area contributed by atoms with Gasteiger partial charge in [-0.25, -0.2) is 0 Å². The number of likely N-dealkylation sites (tertiary alicyclic amines) is 1.